The zero-order chi connectivity index (χ0) is 24.5. The van der Waals surface area contributed by atoms with Crippen LogP contribution in [0.4, 0.5) is 11.4 Å². The van der Waals surface area contributed by atoms with E-state index in [9.17, 15) is 18.0 Å². The number of sulfonamides is 1. The SMILES string of the molecule is CC(=O)c1ccc(N2CCN(C(=O)c3ccc(NS(=O)(=O)c4c(C)noc4C)cc3)CC2)cc1. The average molecular weight is 483 g/mol. The van der Waals surface area contributed by atoms with Crippen LogP contribution in [0, 0.1) is 13.8 Å². The smallest absolute Gasteiger partial charge is 0.267 e. The van der Waals surface area contributed by atoms with Crippen LogP contribution >= 0.6 is 0 Å². The van der Waals surface area contributed by atoms with Crippen molar-refractivity contribution < 1.29 is 22.5 Å². The summed E-state index contributed by atoms with van der Waals surface area (Å²) in [6.45, 7) is 7.13. The molecule has 1 fully saturated rings. The van der Waals surface area contributed by atoms with E-state index in [4.69, 9.17) is 4.52 Å². The van der Waals surface area contributed by atoms with Crippen LogP contribution < -0.4 is 9.62 Å². The molecule has 1 aliphatic rings. The number of aryl methyl sites for hydroxylation is 2. The lowest BCUT2D eigenvalue weighted by atomic mass is 10.1. The van der Waals surface area contributed by atoms with Gasteiger partial charge >= 0.3 is 0 Å². The summed E-state index contributed by atoms with van der Waals surface area (Å²) in [6.07, 6.45) is 0. The number of aromatic nitrogens is 1. The van der Waals surface area contributed by atoms with Crippen LogP contribution in [0.3, 0.4) is 0 Å². The summed E-state index contributed by atoms with van der Waals surface area (Å²) in [5.74, 6) is 0.141. The maximum Gasteiger partial charge on any atom is 0.267 e. The average Bonchev–Trinajstić information content (AvgIpc) is 3.18. The molecule has 1 aliphatic heterocycles. The third-order valence-corrected chi connectivity index (χ3v) is 7.45. The molecule has 2 aromatic carbocycles. The summed E-state index contributed by atoms with van der Waals surface area (Å²) in [5.41, 5.74) is 2.81. The predicted octanol–water partition coefficient (Wildman–Crippen LogP) is 3.26. The van der Waals surface area contributed by atoms with E-state index in [0.29, 0.717) is 43.0 Å². The van der Waals surface area contributed by atoms with E-state index in [1.165, 1.54) is 6.92 Å². The molecular weight excluding hydrogens is 456 g/mol. The maximum atomic E-state index is 12.9. The van der Waals surface area contributed by atoms with Crippen LogP contribution in [0.25, 0.3) is 0 Å². The molecule has 34 heavy (non-hydrogen) atoms. The van der Waals surface area contributed by atoms with Crippen molar-refractivity contribution >= 4 is 33.1 Å². The van der Waals surface area contributed by atoms with Gasteiger partial charge in [-0.2, -0.15) is 0 Å². The molecule has 2 heterocycles. The molecular formula is C24H26N4O5S. The molecule has 1 N–H and O–H groups in total. The monoisotopic (exact) mass is 482 g/mol. The van der Waals surface area contributed by atoms with Gasteiger partial charge in [0.1, 0.15) is 5.69 Å². The van der Waals surface area contributed by atoms with Crippen molar-refractivity contribution in [2.24, 2.45) is 0 Å². The largest absolute Gasteiger partial charge is 0.368 e. The lowest BCUT2D eigenvalue weighted by Crippen LogP contribution is -2.48. The zero-order valence-electron chi connectivity index (χ0n) is 19.2. The van der Waals surface area contributed by atoms with Gasteiger partial charge in [-0.1, -0.05) is 5.16 Å². The first-order valence-corrected chi connectivity index (χ1v) is 12.3. The molecule has 10 heteroatoms. The van der Waals surface area contributed by atoms with Crippen LogP contribution in [-0.2, 0) is 10.0 Å². The van der Waals surface area contributed by atoms with E-state index in [1.807, 2.05) is 24.3 Å². The summed E-state index contributed by atoms with van der Waals surface area (Å²) in [4.78, 5) is 28.4. The number of amides is 1. The second-order valence-corrected chi connectivity index (χ2v) is 9.84. The highest BCUT2D eigenvalue weighted by Gasteiger charge is 2.25. The minimum absolute atomic E-state index is 0.0152. The molecule has 1 saturated heterocycles. The highest BCUT2D eigenvalue weighted by Crippen LogP contribution is 2.23. The number of piperazine rings is 1. The van der Waals surface area contributed by atoms with E-state index >= 15 is 0 Å². The fraction of sp³-hybridized carbons (Fsp3) is 0.292. The van der Waals surface area contributed by atoms with Crippen molar-refractivity contribution in [1.29, 1.82) is 0 Å². The number of nitrogens with zero attached hydrogens (tertiary/aromatic N) is 3. The van der Waals surface area contributed by atoms with Gasteiger partial charge < -0.3 is 14.3 Å². The molecule has 3 aromatic rings. The van der Waals surface area contributed by atoms with E-state index in [0.717, 1.165) is 5.69 Å². The Kier molecular flexibility index (Phi) is 6.43. The number of anilines is 2. The van der Waals surface area contributed by atoms with Gasteiger partial charge in [-0.05, 0) is 69.3 Å². The topological polar surface area (TPSA) is 113 Å². The van der Waals surface area contributed by atoms with Gasteiger partial charge in [0.25, 0.3) is 15.9 Å². The fourth-order valence-electron chi connectivity index (χ4n) is 4.00. The first-order chi connectivity index (χ1) is 16.2. The molecule has 0 bridgehead atoms. The fourth-order valence-corrected chi connectivity index (χ4v) is 5.39. The number of carbonyl (C=O) groups excluding carboxylic acids is 2. The van der Waals surface area contributed by atoms with E-state index in [-0.39, 0.29) is 28.0 Å². The summed E-state index contributed by atoms with van der Waals surface area (Å²) >= 11 is 0. The van der Waals surface area contributed by atoms with Crippen LogP contribution in [0.15, 0.2) is 57.9 Å². The van der Waals surface area contributed by atoms with Crippen molar-refractivity contribution in [3.63, 3.8) is 0 Å². The quantitative estimate of drug-likeness (QED) is 0.537. The Morgan fingerprint density at radius 1 is 0.912 bits per heavy atom. The molecule has 0 atom stereocenters. The van der Waals surface area contributed by atoms with E-state index < -0.39 is 10.0 Å². The van der Waals surface area contributed by atoms with Gasteiger partial charge in [0.15, 0.2) is 16.4 Å². The van der Waals surface area contributed by atoms with Crippen LogP contribution in [-0.4, -0.2) is 56.3 Å². The van der Waals surface area contributed by atoms with Crippen molar-refractivity contribution in [3.8, 4) is 0 Å². The molecule has 1 amide bonds. The van der Waals surface area contributed by atoms with Gasteiger partial charge in [0, 0.05) is 48.7 Å². The van der Waals surface area contributed by atoms with Crippen molar-refractivity contribution in [2.45, 2.75) is 25.7 Å². The van der Waals surface area contributed by atoms with Gasteiger partial charge in [-0.15, -0.1) is 0 Å². The Balaban J connectivity index is 1.37. The molecule has 9 nitrogen and oxygen atoms in total. The van der Waals surface area contributed by atoms with Crippen molar-refractivity contribution in [1.82, 2.24) is 10.1 Å². The minimum atomic E-state index is -3.85. The van der Waals surface area contributed by atoms with Gasteiger partial charge in [0.05, 0.1) is 0 Å². The van der Waals surface area contributed by atoms with Crippen LogP contribution in [0.5, 0.6) is 0 Å². The number of carbonyl (C=O) groups is 2. The lowest BCUT2D eigenvalue weighted by Gasteiger charge is -2.36. The summed E-state index contributed by atoms with van der Waals surface area (Å²) < 4.78 is 32.8. The third-order valence-electron chi connectivity index (χ3n) is 5.83. The molecule has 4 rings (SSSR count). The molecule has 1 aromatic heterocycles. The number of nitrogens with one attached hydrogen (secondary N) is 1. The Bertz CT molecular complexity index is 1290. The Morgan fingerprint density at radius 2 is 1.50 bits per heavy atom. The van der Waals surface area contributed by atoms with Gasteiger partial charge in [-0.3, -0.25) is 14.3 Å². The molecule has 0 saturated carbocycles. The summed E-state index contributed by atoms with van der Waals surface area (Å²) in [6, 6.07) is 13.8. The van der Waals surface area contributed by atoms with Crippen LogP contribution in [0.2, 0.25) is 0 Å². The van der Waals surface area contributed by atoms with Gasteiger partial charge in [0.2, 0.25) is 0 Å². The lowest BCUT2D eigenvalue weighted by molar-refractivity contribution is 0.0746. The number of benzene rings is 2. The first-order valence-electron chi connectivity index (χ1n) is 10.9. The number of Topliss-reactive ketones (excluding diaryl/α,β-unsaturated/α-hetero) is 1. The minimum Gasteiger partial charge on any atom is -0.368 e. The number of hydrogen-bond donors (Lipinski definition) is 1. The molecule has 178 valence electrons. The van der Waals surface area contributed by atoms with Crippen LogP contribution in [0.1, 0.15) is 39.1 Å². The summed E-state index contributed by atoms with van der Waals surface area (Å²) in [5, 5.41) is 3.69. The standard InChI is InChI=1S/C24H26N4O5S/c1-16-23(18(3)33-25-16)34(31,32)26-21-8-4-20(5-9-21)24(30)28-14-12-27(13-15-28)22-10-6-19(7-11-22)17(2)29/h4-11,26H,12-15H2,1-3H3. The number of rotatable bonds is 6. The Hall–Kier alpha value is -3.66. The molecule has 0 spiro atoms. The zero-order valence-corrected chi connectivity index (χ0v) is 20.1. The maximum absolute atomic E-state index is 12.9. The van der Waals surface area contributed by atoms with E-state index in [1.54, 1.807) is 43.0 Å². The second kappa shape index (κ2) is 9.30. The number of hydrogen-bond acceptors (Lipinski definition) is 7. The third kappa shape index (κ3) is 4.81. The Morgan fingerprint density at radius 3 is 2.03 bits per heavy atom. The molecule has 0 aliphatic carbocycles. The first kappa shape index (κ1) is 23.5. The second-order valence-electron chi connectivity index (χ2n) is 8.22. The molecule has 0 radical (unpaired) electrons. The van der Waals surface area contributed by atoms with Gasteiger partial charge in [-0.25, -0.2) is 8.42 Å². The summed E-state index contributed by atoms with van der Waals surface area (Å²) in [7, 11) is -3.85. The van der Waals surface area contributed by atoms with E-state index in [2.05, 4.69) is 14.8 Å². The van der Waals surface area contributed by atoms with Crippen molar-refractivity contribution in [3.05, 3.63) is 71.1 Å². The highest BCUT2D eigenvalue weighted by atomic mass is 32.2. The Labute approximate surface area is 198 Å². The van der Waals surface area contributed by atoms with Crippen molar-refractivity contribution in [2.75, 3.05) is 35.8 Å². The molecule has 0 unspecified atom stereocenters. The normalized spacial score (nSPS) is 14.2. The predicted molar refractivity (Wildman–Crippen MR) is 128 cm³/mol. The number of ketones is 1. The highest BCUT2D eigenvalue weighted by molar-refractivity contribution is 7.92.